The van der Waals surface area contributed by atoms with E-state index in [9.17, 15) is 4.79 Å². The van der Waals surface area contributed by atoms with Crippen molar-refractivity contribution in [3.8, 4) is 0 Å². The van der Waals surface area contributed by atoms with Gasteiger partial charge in [-0.15, -0.1) is 0 Å². The van der Waals surface area contributed by atoms with Gasteiger partial charge in [-0.1, -0.05) is 155 Å². The van der Waals surface area contributed by atoms with Crippen LogP contribution in [0.5, 0.6) is 0 Å². The van der Waals surface area contributed by atoms with E-state index in [4.69, 9.17) is 0 Å². The fraction of sp³-hybridized carbons (Fsp3) is 0.966. The molecule has 0 aliphatic carbocycles. The van der Waals surface area contributed by atoms with E-state index in [-0.39, 0.29) is 0 Å². The third-order valence-corrected chi connectivity index (χ3v) is 6.62. The number of carbonyl (C=O) groups is 1. The SMILES string of the molecule is CCCCCCCCCCCCCCC(=O)CCCCCCCCCCCCCC. The first-order chi connectivity index (χ1) is 14.8. The molecule has 0 bridgehead atoms. The molecule has 0 rings (SSSR count). The molecule has 0 radical (unpaired) electrons. The van der Waals surface area contributed by atoms with Crippen LogP contribution in [0.3, 0.4) is 0 Å². The molecule has 0 heterocycles. The van der Waals surface area contributed by atoms with Gasteiger partial charge in [0.25, 0.3) is 0 Å². The lowest BCUT2D eigenvalue weighted by Gasteiger charge is -2.04. The molecule has 1 heteroatoms. The summed E-state index contributed by atoms with van der Waals surface area (Å²) in [7, 11) is 0. The Morgan fingerprint density at radius 3 is 0.767 bits per heavy atom. The minimum absolute atomic E-state index is 0.522. The van der Waals surface area contributed by atoms with Crippen LogP contribution in [0.4, 0.5) is 0 Å². The van der Waals surface area contributed by atoms with Crippen molar-refractivity contribution in [3.05, 3.63) is 0 Å². The lowest BCUT2D eigenvalue weighted by Crippen LogP contribution is -1.97. The Hall–Kier alpha value is -0.330. The van der Waals surface area contributed by atoms with E-state index in [1.54, 1.807) is 0 Å². The number of hydrogen-bond acceptors (Lipinski definition) is 1. The largest absolute Gasteiger partial charge is 0.300 e. The highest BCUT2D eigenvalue weighted by molar-refractivity contribution is 5.78. The van der Waals surface area contributed by atoms with Gasteiger partial charge in [-0.3, -0.25) is 4.79 Å². The predicted molar refractivity (Wildman–Crippen MR) is 136 cm³/mol. The molecule has 0 aliphatic rings. The summed E-state index contributed by atoms with van der Waals surface area (Å²) >= 11 is 0. The Labute approximate surface area is 191 Å². The fourth-order valence-corrected chi connectivity index (χ4v) is 4.45. The van der Waals surface area contributed by atoms with Crippen LogP contribution in [0, 0.1) is 0 Å². The maximum Gasteiger partial charge on any atom is 0.132 e. The Bertz CT molecular complexity index is 292. The van der Waals surface area contributed by atoms with Crippen LogP contribution in [0.25, 0.3) is 0 Å². The number of unbranched alkanes of at least 4 members (excludes halogenated alkanes) is 22. The van der Waals surface area contributed by atoms with Crippen molar-refractivity contribution in [2.75, 3.05) is 0 Å². The van der Waals surface area contributed by atoms with Crippen molar-refractivity contribution < 1.29 is 4.79 Å². The molecule has 0 saturated heterocycles. The first-order valence-electron chi connectivity index (χ1n) is 14.3. The molecule has 0 spiro atoms. The van der Waals surface area contributed by atoms with E-state index in [1.807, 2.05) is 0 Å². The molecule has 0 atom stereocenters. The van der Waals surface area contributed by atoms with Crippen molar-refractivity contribution in [2.45, 2.75) is 181 Å². The summed E-state index contributed by atoms with van der Waals surface area (Å²) in [6, 6.07) is 0. The van der Waals surface area contributed by atoms with Gasteiger partial charge in [0, 0.05) is 12.8 Å². The van der Waals surface area contributed by atoms with Crippen molar-refractivity contribution in [1.29, 1.82) is 0 Å². The van der Waals surface area contributed by atoms with Crippen LogP contribution >= 0.6 is 0 Å². The van der Waals surface area contributed by atoms with Crippen LogP contribution in [-0.4, -0.2) is 5.78 Å². The fourth-order valence-electron chi connectivity index (χ4n) is 4.45. The molecule has 0 fully saturated rings. The molecule has 0 aromatic carbocycles. The normalized spacial score (nSPS) is 11.3. The minimum atomic E-state index is 0.522. The van der Waals surface area contributed by atoms with Gasteiger partial charge < -0.3 is 0 Å². The molecular formula is C29H58O. The van der Waals surface area contributed by atoms with Gasteiger partial charge >= 0.3 is 0 Å². The highest BCUT2D eigenvalue weighted by atomic mass is 16.1. The molecule has 180 valence electrons. The molecular weight excluding hydrogens is 364 g/mol. The van der Waals surface area contributed by atoms with Crippen molar-refractivity contribution >= 4 is 5.78 Å². The summed E-state index contributed by atoms with van der Waals surface area (Å²) < 4.78 is 0. The predicted octanol–water partition coefficient (Wildman–Crippen LogP) is 10.7. The minimum Gasteiger partial charge on any atom is -0.300 e. The van der Waals surface area contributed by atoms with Crippen LogP contribution in [-0.2, 0) is 4.79 Å². The zero-order valence-corrected chi connectivity index (χ0v) is 21.3. The van der Waals surface area contributed by atoms with Gasteiger partial charge in [0.1, 0.15) is 5.78 Å². The molecule has 0 aromatic heterocycles. The summed E-state index contributed by atoms with van der Waals surface area (Å²) in [6.07, 6.45) is 34.6. The van der Waals surface area contributed by atoms with Crippen molar-refractivity contribution in [1.82, 2.24) is 0 Å². The van der Waals surface area contributed by atoms with E-state index >= 15 is 0 Å². The van der Waals surface area contributed by atoms with Gasteiger partial charge in [-0.25, -0.2) is 0 Å². The van der Waals surface area contributed by atoms with Gasteiger partial charge in [0.05, 0.1) is 0 Å². The van der Waals surface area contributed by atoms with Crippen LogP contribution in [0.2, 0.25) is 0 Å². The average Bonchev–Trinajstić information content (AvgIpc) is 2.75. The molecule has 30 heavy (non-hydrogen) atoms. The Kier molecular flexibility index (Phi) is 26.4. The molecule has 0 saturated carbocycles. The van der Waals surface area contributed by atoms with Gasteiger partial charge in [-0.05, 0) is 12.8 Å². The Morgan fingerprint density at radius 2 is 0.533 bits per heavy atom. The summed E-state index contributed by atoms with van der Waals surface area (Å²) in [4.78, 5) is 12.0. The molecule has 0 N–H and O–H groups in total. The van der Waals surface area contributed by atoms with E-state index < -0.39 is 0 Å². The van der Waals surface area contributed by atoms with Gasteiger partial charge in [0.2, 0.25) is 0 Å². The smallest absolute Gasteiger partial charge is 0.132 e. The molecule has 1 nitrogen and oxygen atoms in total. The number of rotatable bonds is 26. The number of hydrogen-bond donors (Lipinski definition) is 0. The second-order valence-electron chi connectivity index (χ2n) is 9.82. The maximum absolute atomic E-state index is 12.0. The van der Waals surface area contributed by atoms with E-state index in [1.165, 1.54) is 141 Å². The third kappa shape index (κ3) is 25.7. The van der Waals surface area contributed by atoms with Crippen molar-refractivity contribution in [3.63, 3.8) is 0 Å². The Morgan fingerprint density at radius 1 is 0.333 bits per heavy atom. The monoisotopic (exact) mass is 422 g/mol. The molecule has 0 unspecified atom stereocenters. The first-order valence-corrected chi connectivity index (χ1v) is 14.3. The standard InChI is InChI=1S/C29H58O/c1-3-5-7-9-11-13-15-17-19-21-23-25-27-29(30)28-26-24-22-20-18-16-14-12-10-8-6-4-2/h3-28H2,1-2H3. The van der Waals surface area contributed by atoms with E-state index in [2.05, 4.69) is 13.8 Å². The zero-order chi connectivity index (χ0) is 22.0. The average molecular weight is 423 g/mol. The molecule has 0 aromatic rings. The van der Waals surface area contributed by atoms with Gasteiger partial charge in [0.15, 0.2) is 0 Å². The quantitative estimate of drug-likeness (QED) is 0.127. The summed E-state index contributed by atoms with van der Waals surface area (Å²) in [5.41, 5.74) is 0. The number of Topliss-reactive ketones (excluding diaryl/α,β-unsaturated/α-hetero) is 1. The lowest BCUT2D eigenvalue weighted by molar-refractivity contribution is -0.119. The molecule has 0 aliphatic heterocycles. The van der Waals surface area contributed by atoms with E-state index in [0.717, 1.165) is 25.7 Å². The summed E-state index contributed by atoms with van der Waals surface area (Å²) in [6.45, 7) is 4.57. The first kappa shape index (κ1) is 29.7. The summed E-state index contributed by atoms with van der Waals surface area (Å²) in [5.74, 6) is 0.522. The number of carbonyl (C=O) groups excluding carboxylic acids is 1. The summed E-state index contributed by atoms with van der Waals surface area (Å²) in [5, 5.41) is 0. The van der Waals surface area contributed by atoms with Gasteiger partial charge in [-0.2, -0.15) is 0 Å². The Balaban J connectivity index is 3.14. The molecule has 0 amide bonds. The number of ketones is 1. The van der Waals surface area contributed by atoms with Crippen LogP contribution in [0.15, 0.2) is 0 Å². The van der Waals surface area contributed by atoms with Crippen molar-refractivity contribution in [2.24, 2.45) is 0 Å². The highest BCUT2D eigenvalue weighted by Crippen LogP contribution is 2.15. The zero-order valence-electron chi connectivity index (χ0n) is 21.3. The second kappa shape index (κ2) is 26.7. The van der Waals surface area contributed by atoms with Crippen LogP contribution < -0.4 is 0 Å². The second-order valence-corrected chi connectivity index (χ2v) is 9.82. The topological polar surface area (TPSA) is 17.1 Å². The third-order valence-electron chi connectivity index (χ3n) is 6.62. The highest BCUT2D eigenvalue weighted by Gasteiger charge is 2.02. The lowest BCUT2D eigenvalue weighted by atomic mass is 10.0. The van der Waals surface area contributed by atoms with E-state index in [0.29, 0.717) is 5.78 Å². The van der Waals surface area contributed by atoms with Crippen LogP contribution in [0.1, 0.15) is 181 Å². The maximum atomic E-state index is 12.0.